The molecule has 0 aliphatic carbocycles. The molecule has 0 aromatic carbocycles. The molecule has 126 valence electrons. The number of aromatic nitrogens is 3. The summed E-state index contributed by atoms with van der Waals surface area (Å²) < 4.78 is 18.0. The molecule has 24 heavy (non-hydrogen) atoms. The Bertz CT molecular complexity index is 928. The van der Waals surface area contributed by atoms with Gasteiger partial charge in [0.15, 0.2) is 10.9 Å². The minimum absolute atomic E-state index is 0.000600. The Hall–Kier alpha value is -2.06. The summed E-state index contributed by atoms with van der Waals surface area (Å²) in [5.41, 5.74) is 3.29. The maximum atomic E-state index is 12.6. The molecule has 0 bridgehead atoms. The summed E-state index contributed by atoms with van der Waals surface area (Å²) in [6, 6.07) is 1.74. The first-order chi connectivity index (χ1) is 11.4. The average molecular weight is 363 g/mol. The first-order valence-electron chi connectivity index (χ1n) is 7.28. The Morgan fingerprint density at radius 2 is 2.17 bits per heavy atom. The number of imidazole rings is 1. The van der Waals surface area contributed by atoms with Crippen molar-refractivity contribution in [2.24, 2.45) is 0 Å². The number of Topliss-reactive ketones (excluding diaryl/α,β-unsaturated/α-hetero) is 1. The highest BCUT2D eigenvalue weighted by molar-refractivity contribution is 7.84. The van der Waals surface area contributed by atoms with E-state index in [-0.39, 0.29) is 11.5 Å². The quantitative estimate of drug-likeness (QED) is 0.704. The van der Waals surface area contributed by atoms with Crippen LogP contribution in [0, 0.1) is 13.8 Å². The number of nitrogens with one attached hydrogen (secondary N) is 1. The summed E-state index contributed by atoms with van der Waals surface area (Å²) in [5, 5.41) is 0.395. The van der Waals surface area contributed by atoms with Crippen LogP contribution in [0.4, 0.5) is 0 Å². The van der Waals surface area contributed by atoms with Crippen molar-refractivity contribution in [3.8, 4) is 5.75 Å². The molecule has 0 saturated carbocycles. The van der Waals surface area contributed by atoms with E-state index in [9.17, 15) is 9.00 Å². The normalized spacial score (nSPS) is 12.5. The molecular formula is C16H17N3O3S2. The van der Waals surface area contributed by atoms with E-state index in [0.29, 0.717) is 14.9 Å². The lowest BCUT2D eigenvalue weighted by Crippen LogP contribution is -2.05. The number of rotatable bonds is 5. The molecular weight excluding hydrogens is 346 g/mol. The Morgan fingerprint density at radius 3 is 2.79 bits per heavy atom. The van der Waals surface area contributed by atoms with Gasteiger partial charge in [-0.3, -0.25) is 14.0 Å². The predicted octanol–water partition coefficient (Wildman–Crippen LogP) is 3.16. The van der Waals surface area contributed by atoms with Crippen molar-refractivity contribution in [1.29, 1.82) is 0 Å². The van der Waals surface area contributed by atoms with E-state index in [0.717, 1.165) is 28.1 Å². The molecule has 0 aliphatic heterocycles. The summed E-state index contributed by atoms with van der Waals surface area (Å²) in [6.45, 7) is 5.35. The summed E-state index contributed by atoms with van der Waals surface area (Å²) in [6.07, 6.45) is 1.72. The van der Waals surface area contributed by atoms with Crippen molar-refractivity contribution >= 4 is 38.3 Å². The number of ether oxygens (including phenoxy) is 1. The minimum atomic E-state index is -1.35. The van der Waals surface area contributed by atoms with Crippen molar-refractivity contribution in [1.82, 2.24) is 15.0 Å². The molecule has 8 heteroatoms. The lowest BCUT2D eigenvalue weighted by Gasteiger charge is -2.11. The fourth-order valence-electron chi connectivity index (χ4n) is 2.48. The fraction of sp³-hybridized carbons (Fsp3) is 0.312. The summed E-state index contributed by atoms with van der Waals surface area (Å²) in [7, 11) is 0.262. The molecule has 0 saturated heterocycles. The Kier molecular flexibility index (Phi) is 4.51. The summed E-state index contributed by atoms with van der Waals surface area (Å²) in [5.74, 6) is 1.02. The molecule has 3 aromatic rings. The number of carbonyl (C=O) groups is 1. The third kappa shape index (κ3) is 2.99. The number of fused-ring (bicyclic) bond motifs is 1. The zero-order valence-corrected chi connectivity index (χ0v) is 15.4. The molecule has 0 aliphatic rings. The molecule has 0 amide bonds. The minimum Gasteiger partial charge on any atom is -0.496 e. The third-order valence-corrected chi connectivity index (χ3v) is 6.03. The molecule has 3 aromatic heterocycles. The summed E-state index contributed by atoms with van der Waals surface area (Å²) in [4.78, 5) is 24.5. The van der Waals surface area contributed by atoms with Gasteiger partial charge in [-0.05, 0) is 26.8 Å². The van der Waals surface area contributed by atoms with Crippen molar-refractivity contribution in [2.45, 2.75) is 31.7 Å². The molecule has 0 radical (unpaired) electrons. The van der Waals surface area contributed by atoms with Gasteiger partial charge in [0.25, 0.3) is 0 Å². The number of ketones is 1. The Balaban J connectivity index is 1.87. The number of pyridine rings is 1. The Morgan fingerprint density at radius 1 is 1.42 bits per heavy atom. The number of methoxy groups -OCH3 is 1. The van der Waals surface area contributed by atoms with Crippen LogP contribution < -0.4 is 4.74 Å². The molecule has 3 rings (SSSR count). The highest BCUT2D eigenvalue weighted by Gasteiger charge is 2.17. The maximum absolute atomic E-state index is 12.6. The van der Waals surface area contributed by atoms with E-state index >= 15 is 0 Å². The molecule has 1 atom stereocenters. The number of H-pyrrole nitrogens is 1. The van der Waals surface area contributed by atoms with Crippen LogP contribution in [-0.4, -0.2) is 32.1 Å². The van der Waals surface area contributed by atoms with Gasteiger partial charge in [-0.2, -0.15) is 0 Å². The van der Waals surface area contributed by atoms with Crippen molar-refractivity contribution in [3.63, 3.8) is 0 Å². The van der Waals surface area contributed by atoms with Crippen LogP contribution in [0.1, 0.15) is 33.4 Å². The van der Waals surface area contributed by atoms with E-state index in [4.69, 9.17) is 4.74 Å². The van der Waals surface area contributed by atoms with Crippen LogP contribution in [0.2, 0.25) is 0 Å². The third-order valence-electron chi connectivity index (χ3n) is 3.74. The first kappa shape index (κ1) is 16.8. The maximum Gasteiger partial charge on any atom is 0.198 e. The molecule has 0 spiro atoms. The zero-order valence-electron chi connectivity index (χ0n) is 13.8. The number of hydrogen-bond acceptors (Lipinski definition) is 6. The van der Waals surface area contributed by atoms with E-state index < -0.39 is 10.8 Å². The lowest BCUT2D eigenvalue weighted by atomic mass is 10.1. The van der Waals surface area contributed by atoms with Gasteiger partial charge in [0.2, 0.25) is 0 Å². The monoisotopic (exact) mass is 363 g/mol. The number of nitrogens with zero attached hydrogens (tertiary/aromatic N) is 2. The van der Waals surface area contributed by atoms with Gasteiger partial charge in [0.1, 0.15) is 10.6 Å². The van der Waals surface area contributed by atoms with Crippen LogP contribution in [0.5, 0.6) is 5.75 Å². The Labute approximate surface area is 145 Å². The van der Waals surface area contributed by atoms with Gasteiger partial charge in [0.05, 0.1) is 39.7 Å². The van der Waals surface area contributed by atoms with Gasteiger partial charge in [-0.15, -0.1) is 11.3 Å². The van der Waals surface area contributed by atoms with E-state index in [1.165, 1.54) is 18.3 Å². The summed E-state index contributed by atoms with van der Waals surface area (Å²) >= 11 is 1.30. The lowest BCUT2D eigenvalue weighted by molar-refractivity contribution is 0.102. The molecule has 0 fully saturated rings. The van der Waals surface area contributed by atoms with E-state index in [1.807, 2.05) is 13.8 Å². The van der Waals surface area contributed by atoms with Crippen LogP contribution in [0.25, 0.3) is 10.3 Å². The second-order valence-electron chi connectivity index (χ2n) is 5.46. The van der Waals surface area contributed by atoms with Gasteiger partial charge < -0.3 is 9.72 Å². The number of aryl methyl sites for hydroxylation is 1. The van der Waals surface area contributed by atoms with Gasteiger partial charge >= 0.3 is 0 Å². The number of hydrogen-bond donors (Lipinski definition) is 1. The topological polar surface area (TPSA) is 84.9 Å². The van der Waals surface area contributed by atoms with Crippen LogP contribution in [-0.2, 0) is 16.6 Å². The highest BCUT2D eigenvalue weighted by atomic mass is 32.2. The molecule has 1 N–H and O–H groups in total. The second kappa shape index (κ2) is 6.45. The second-order valence-corrected chi connectivity index (χ2v) is 7.86. The average Bonchev–Trinajstić information content (AvgIpc) is 3.09. The smallest absolute Gasteiger partial charge is 0.198 e. The van der Waals surface area contributed by atoms with Gasteiger partial charge in [-0.1, -0.05) is 0 Å². The van der Waals surface area contributed by atoms with Gasteiger partial charge in [-0.25, -0.2) is 4.98 Å². The standard InChI is InChI=1S/C16H17N3O3S2/c1-8-6-17-12(9(2)14(8)22-4)7-24(21)16-18-11-5-13(10(3)20)23-15(11)19-16/h5-6H,7H2,1-4H3,(H,18,19). The molecule has 1 unspecified atom stereocenters. The molecule has 3 heterocycles. The van der Waals surface area contributed by atoms with Crippen molar-refractivity contribution in [3.05, 3.63) is 34.0 Å². The predicted molar refractivity (Wildman–Crippen MR) is 94.4 cm³/mol. The number of aromatic amines is 1. The van der Waals surface area contributed by atoms with E-state index in [1.54, 1.807) is 19.4 Å². The van der Waals surface area contributed by atoms with Crippen LogP contribution in [0.3, 0.4) is 0 Å². The van der Waals surface area contributed by atoms with Crippen molar-refractivity contribution < 1.29 is 13.7 Å². The first-order valence-corrected chi connectivity index (χ1v) is 9.42. The van der Waals surface area contributed by atoms with Crippen LogP contribution >= 0.6 is 11.3 Å². The fourth-order valence-corrected chi connectivity index (χ4v) is 4.52. The van der Waals surface area contributed by atoms with Crippen LogP contribution in [0.15, 0.2) is 17.4 Å². The highest BCUT2D eigenvalue weighted by Crippen LogP contribution is 2.27. The zero-order chi connectivity index (χ0) is 17.4. The van der Waals surface area contributed by atoms with Crippen molar-refractivity contribution in [2.75, 3.05) is 7.11 Å². The number of carbonyl (C=O) groups excluding carboxylic acids is 1. The SMILES string of the molecule is COc1c(C)cnc(CS(=O)c2nc3sc(C(C)=O)cc3[nH]2)c1C. The largest absolute Gasteiger partial charge is 0.496 e. The van der Waals surface area contributed by atoms with E-state index in [2.05, 4.69) is 15.0 Å². The molecule has 6 nitrogen and oxygen atoms in total. The van der Waals surface area contributed by atoms with Gasteiger partial charge in [0, 0.05) is 17.3 Å². The number of thiophene rings is 1.